The highest BCUT2D eigenvalue weighted by atomic mass is 35.5. The lowest BCUT2D eigenvalue weighted by atomic mass is 9.97. The number of rotatable bonds is 5. The molecule has 0 aliphatic heterocycles. The summed E-state index contributed by atoms with van der Waals surface area (Å²) < 4.78 is 0. The molecule has 102 valence electrons. The van der Waals surface area contributed by atoms with Crippen molar-refractivity contribution in [1.29, 1.82) is 0 Å². The van der Waals surface area contributed by atoms with Gasteiger partial charge in [0.25, 0.3) is 0 Å². The average Bonchev–Trinajstić information content (AvgIpc) is 2.46. The smallest absolute Gasteiger partial charge is 0.0295 e. The molecule has 19 heavy (non-hydrogen) atoms. The minimum atomic E-state index is 0. The van der Waals surface area contributed by atoms with Crippen LogP contribution in [-0.4, -0.2) is 0 Å². The lowest BCUT2D eigenvalue weighted by molar-refractivity contribution is 0.603. The van der Waals surface area contributed by atoms with E-state index < -0.39 is 0 Å². The van der Waals surface area contributed by atoms with E-state index >= 15 is 0 Å². The quantitative estimate of drug-likeness (QED) is 0.819. The molecule has 1 nitrogen and oxygen atoms in total. The summed E-state index contributed by atoms with van der Waals surface area (Å²) in [7, 11) is 0. The third-order valence-corrected chi connectivity index (χ3v) is 3.29. The Labute approximate surface area is 122 Å². The maximum atomic E-state index is 6.23. The molecule has 0 amide bonds. The van der Waals surface area contributed by atoms with Gasteiger partial charge in [0.2, 0.25) is 0 Å². The van der Waals surface area contributed by atoms with Gasteiger partial charge in [-0.2, -0.15) is 0 Å². The van der Waals surface area contributed by atoms with Gasteiger partial charge in [0, 0.05) is 6.04 Å². The predicted molar refractivity (Wildman–Crippen MR) is 85.6 cm³/mol. The van der Waals surface area contributed by atoms with Gasteiger partial charge in [-0.1, -0.05) is 68.3 Å². The van der Waals surface area contributed by atoms with E-state index in [0.29, 0.717) is 0 Å². The second-order valence-electron chi connectivity index (χ2n) is 4.74. The van der Waals surface area contributed by atoms with E-state index in [-0.39, 0.29) is 18.4 Å². The summed E-state index contributed by atoms with van der Waals surface area (Å²) in [5, 5.41) is 0. The number of nitrogens with two attached hydrogens (primary N) is 1. The highest BCUT2D eigenvalue weighted by Crippen LogP contribution is 2.24. The lowest BCUT2D eigenvalue weighted by Crippen LogP contribution is -2.09. The topological polar surface area (TPSA) is 26.0 Å². The zero-order valence-electron chi connectivity index (χ0n) is 11.4. The van der Waals surface area contributed by atoms with Crippen molar-refractivity contribution in [3.63, 3.8) is 0 Å². The van der Waals surface area contributed by atoms with Crippen LogP contribution in [0.25, 0.3) is 11.1 Å². The molecule has 2 aromatic rings. The molecular weight excluding hydrogens is 254 g/mol. The second kappa shape index (κ2) is 7.98. The van der Waals surface area contributed by atoms with Gasteiger partial charge in [-0.25, -0.2) is 0 Å². The molecule has 0 saturated carbocycles. The fourth-order valence-corrected chi connectivity index (χ4v) is 2.17. The normalized spacial score (nSPS) is 11.7. The molecule has 0 saturated heterocycles. The Kier molecular flexibility index (Phi) is 6.61. The molecule has 0 aliphatic carbocycles. The first kappa shape index (κ1) is 15.7. The summed E-state index contributed by atoms with van der Waals surface area (Å²) in [5.41, 5.74) is 9.97. The Morgan fingerprint density at radius 1 is 0.947 bits per heavy atom. The van der Waals surface area contributed by atoms with Crippen LogP contribution in [0.15, 0.2) is 54.6 Å². The second-order valence-corrected chi connectivity index (χ2v) is 4.74. The standard InChI is InChI=1S/C17H21N.ClH/c1-2-3-12-17(18)16-11-7-10-15(13-16)14-8-5-4-6-9-14;/h4-11,13,17H,2-3,12,18H2,1H3;1H/t17-;/m0./s1. The van der Waals surface area contributed by atoms with E-state index in [1.807, 2.05) is 6.07 Å². The van der Waals surface area contributed by atoms with Crippen molar-refractivity contribution in [2.45, 2.75) is 32.2 Å². The monoisotopic (exact) mass is 275 g/mol. The number of halogens is 1. The van der Waals surface area contributed by atoms with Crippen molar-refractivity contribution in [2.24, 2.45) is 5.73 Å². The molecule has 2 aromatic carbocycles. The van der Waals surface area contributed by atoms with E-state index in [9.17, 15) is 0 Å². The molecule has 0 aliphatic rings. The molecule has 0 bridgehead atoms. The van der Waals surface area contributed by atoms with Crippen molar-refractivity contribution in [1.82, 2.24) is 0 Å². The first-order valence-corrected chi connectivity index (χ1v) is 6.72. The third-order valence-electron chi connectivity index (χ3n) is 3.29. The maximum Gasteiger partial charge on any atom is 0.0295 e. The van der Waals surface area contributed by atoms with E-state index in [1.54, 1.807) is 0 Å². The average molecular weight is 276 g/mol. The van der Waals surface area contributed by atoms with Crippen LogP contribution in [0, 0.1) is 0 Å². The van der Waals surface area contributed by atoms with Crippen molar-refractivity contribution in [3.05, 3.63) is 60.2 Å². The first-order valence-electron chi connectivity index (χ1n) is 6.72. The highest BCUT2D eigenvalue weighted by Gasteiger charge is 2.06. The van der Waals surface area contributed by atoms with Gasteiger partial charge < -0.3 is 5.73 Å². The summed E-state index contributed by atoms with van der Waals surface area (Å²) in [6, 6.07) is 19.2. The summed E-state index contributed by atoms with van der Waals surface area (Å²) in [5.74, 6) is 0. The molecular formula is C17H22ClN. The molecule has 0 fully saturated rings. The summed E-state index contributed by atoms with van der Waals surface area (Å²) in [4.78, 5) is 0. The number of unbranched alkanes of at least 4 members (excludes halogenated alkanes) is 1. The molecule has 0 radical (unpaired) electrons. The summed E-state index contributed by atoms with van der Waals surface area (Å²) in [6.07, 6.45) is 3.46. The molecule has 0 unspecified atom stereocenters. The fourth-order valence-electron chi connectivity index (χ4n) is 2.17. The van der Waals surface area contributed by atoms with Crippen LogP contribution >= 0.6 is 12.4 Å². The lowest BCUT2D eigenvalue weighted by Gasteiger charge is -2.13. The highest BCUT2D eigenvalue weighted by molar-refractivity contribution is 5.85. The number of hydrogen-bond acceptors (Lipinski definition) is 1. The van der Waals surface area contributed by atoms with Crippen LogP contribution in [0.3, 0.4) is 0 Å². The van der Waals surface area contributed by atoms with Crippen molar-refractivity contribution in [3.8, 4) is 11.1 Å². The Morgan fingerprint density at radius 2 is 1.63 bits per heavy atom. The summed E-state index contributed by atoms with van der Waals surface area (Å²) in [6.45, 7) is 2.20. The molecule has 2 heteroatoms. The molecule has 1 atom stereocenters. The van der Waals surface area contributed by atoms with Crippen LogP contribution < -0.4 is 5.73 Å². The largest absolute Gasteiger partial charge is 0.324 e. The Balaban J connectivity index is 0.00000180. The van der Waals surface area contributed by atoms with Gasteiger partial charge in [-0.05, 0) is 29.2 Å². The minimum absolute atomic E-state index is 0. The van der Waals surface area contributed by atoms with Gasteiger partial charge in [-0.15, -0.1) is 12.4 Å². The zero-order valence-corrected chi connectivity index (χ0v) is 12.2. The van der Waals surface area contributed by atoms with E-state index in [1.165, 1.54) is 29.5 Å². The molecule has 0 spiro atoms. The van der Waals surface area contributed by atoms with Crippen LogP contribution in [0.5, 0.6) is 0 Å². The molecule has 2 N–H and O–H groups in total. The van der Waals surface area contributed by atoms with Crippen molar-refractivity contribution < 1.29 is 0 Å². The predicted octanol–water partition coefficient (Wildman–Crippen LogP) is 4.97. The van der Waals surface area contributed by atoms with Crippen LogP contribution in [0.1, 0.15) is 37.8 Å². The third kappa shape index (κ3) is 4.38. The van der Waals surface area contributed by atoms with Gasteiger partial charge in [-0.3, -0.25) is 0 Å². The Hall–Kier alpha value is -1.31. The van der Waals surface area contributed by atoms with E-state index in [2.05, 4.69) is 55.5 Å². The van der Waals surface area contributed by atoms with Crippen LogP contribution in [0.4, 0.5) is 0 Å². The van der Waals surface area contributed by atoms with Gasteiger partial charge in [0.1, 0.15) is 0 Å². The first-order chi connectivity index (χ1) is 8.81. The Bertz CT molecular complexity index is 482. The molecule has 0 heterocycles. The number of benzene rings is 2. The SMILES string of the molecule is CCCC[C@H](N)c1cccc(-c2ccccc2)c1.Cl. The minimum Gasteiger partial charge on any atom is -0.324 e. The van der Waals surface area contributed by atoms with Crippen LogP contribution in [-0.2, 0) is 0 Å². The Morgan fingerprint density at radius 3 is 2.32 bits per heavy atom. The van der Waals surface area contributed by atoms with Gasteiger partial charge in [0.05, 0.1) is 0 Å². The van der Waals surface area contributed by atoms with Gasteiger partial charge >= 0.3 is 0 Å². The summed E-state index contributed by atoms with van der Waals surface area (Å²) >= 11 is 0. The van der Waals surface area contributed by atoms with Gasteiger partial charge in [0.15, 0.2) is 0 Å². The van der Waals surface area contributed by atoms with E-state index in [0.717, 1.165) is 6.42 Å². The van der Waals surface area contributed by atoms with Crippen molar-refractivity contribution >= 4 is 12.4 Å². The maximum absolute atomic E-state index is 6.23. The zero-order chi connectivity index (χ0) is 12.8. The van der Waals surface area contributed by atoms with Crippen molar-refractivity contribution in [2.75, 3.05) is 0 Å². The molecule has 2 rings (SSSR count). The molecule has 0 aromatic heterocycles. The van der Waals surface area contributed by atoms with E-state index in [4.69, 9.17) is 5.73 Å². The fraction of sp³-hybridized carbons (Fsp3) is 0.294. The van der Waals surface area contributed by atoms with Crippen LogP contribution in [0.2, 0.25) is 0 Å². The number of hydrogen-bond donors (Lipinski definition) is 1.